The first-order chi connectivity index (χ1) is 14.4. The quantitative estimate of drug-likeness (QED) is 0.577. The Morgan fingerprint density at radius 3 is 2.70 bits per heavy atom. The number of methoxy groups -OCH3 is 1. The molecule has 1 atom stereocenters. The molecule has 0 radical (unpaired) electrons. The molecule has 156 valence electrons. The molecular formula is C22H24N4O4. The van der Waals surface area contributed by atoms with E-state index in [1.807, 2.05) is 32.0 Å². The molecule has 0 amide bonds. The summed E-state index contributed by atoms with van der Waals surface area (Å²) in [4.78, 5) is 29.3. The standard InChI is InChI=1S/C22H24N4O4/c1-12-7-13(2)21-16(9-17(15-5-6-15)23-18(21)8-12)22(28)30-14(3)19-10-26(25-24-19)11-20(27)29-4/h7-10,14-15H,5-6,11H2,1-4H3. The van der Waals surface area contributed by atoms with E-state index in [-0.39, 0.29) is 6.54 Å². The molecule has 0 bridgehead atoms. The van der Waals surface area contributed by atoms with E-state index >= 15 is 0 Å². The molecule has 8 heteroatoms. The average Bonchev–Trinajstić information content (AvgIpc) is 3.45. The molecule has 1 aliphatic rings. The molecule has 8 nitrogen and oxygen atoms in total. The van der Waals surface area contributed by atoms with Crippen molar-refractivity contribution in [3.63, 3.8) is 0 Å². The van der Waals surface area contributed by atoms with E-state index < -0.39 is 18.0 Å². The van der Waals surface area contributed by atoms with Crippen molar-refractivity contribution >= 4 is 22.8 Å². The molecule has 0 saturated heterocycles. The third kappa shape index (κ3) is 4.03. The molecule has 0 spiro atoms. The van der Waals surface area contributed by atoms with Crippen LogP contribution in [0.15, 0.2) is 24.4 Å². The van der Waals surface area contributed by atoms with Crippen molar-refractivity contribution in [1.82, 2.24) is 20.0 Å². The normalized spacial score (nSPS) is 14.5. The second kappa shape index (κ2) is 7.85. The monoisotopic (exact) mass is 408 g/mol. The molecular weight excluding hydrogens is 384 g/mol. The van der Waals surface area contributed by atoms with Crippen molar-refractivity contribution in [3.8, 4) is 0 Å². The first-order valence-electron chi connectivity index (χ1n) is 9.95. The Balaban J connectivity index is 1.62. The van der Waals surface area contributed by atoms with Gasteiger partial charge >= 0.3 is 11.9 Å². The predicted molar refractivity (Wildman–Crippen MR) is 109 cm³/mol. The largest absolute Gasteiger partial charge is 0.468 e. The zero-order valence-corrected chi connectivity index (χ0v) is 17.5. The van der Waals surface area contributed by atoms with Crippen LogP contribution in [-0.2, 0) is 20.8 Å². The summed E-state index contributed by atoms with van der Waals surface area (Å²) in [6, 6.07) is 5.91. The molecule has 1 saturated carbocycles. The summed E-state index contributed by atoms with van der Waals surface area (Å²) in [5.41, 5.74) is 4.84. The lowest BCUT2D eigenvalue weighted by atomic mass is 9.99. The summed E-state index contributed by atoms with van der Waals surface area (Å²) < 4.78 is 11.7. The number of carbonyl (C=O) groups excluding carboxylic acids is 2. The fourth-order valence-electron chi connectivity index (χ4n) is 3.58. The Labute approximate surface area is 174 Å². The number of hydrogen-bond donors (Lipinski definition) is 0. The summed E-state index contributed by atoms with van der Waals surface area (Å²) in [5.74, 6) is -0.443. The highest BCUT2D eigenvalue weighted by Gasteiger charge is 2.28. The predicted octanol–water partition coefficient (Wildman–Crippen LogP) is 3.41. The van der Waals surface area contributed by atoms with Gasteiger partial charge in [0.25, 0.3) is 0 Å². The summed E-state index contributed by atoms with van der Waals surface area (Å²) in [6.07, 6.45) is 3.14. The van der Waals surface area contributed by atoms with Gasteiger partial charge in [-0.3, -0.25) is 9.78 Å². The third-order valence-electron chi connectivity index (χ3n) is 5.26. The third-order valence-corrected chi connectivity index (χ3v) is 5.26. The van der Waals surface area contributed by atoms with Crippen LogP contribution in [0.25, 0.3) is 10.9 Å². The van der Waals surface area contributed by atoms with E-state index in [9.17, 15) is 9.59 Å². The minimum Gasteiger partial charge on any atom is -0.468 e. The number of aryl methyl sites for hydroxylation is 2. The Morgan fingerprint density at radius 1 is 1.23 bits per heavy atom. The van der Waals surface area contributed by atoms with Gasteiger partial charge in [0.05, 0.1) is 24.4 Å². The molecule has 0 N–H and O–H groups in total. The van der Waals surface area contributed by atoms with Gasteiger partial charge in [-0.2, -0.15) is 0 Å². The highest BCUT2D eigenvalue weighted by molar-refractivity contribution is 6.05. The van der Waals surface area contributed by atoms with Gasteiger partial charge < -0.3 is 9.47 Å². The van der Waals surface area contributed by atoms with Gasteiger partial charge in [0.2, 0.25) is 0 Å². The molecule has 30 heavy (non-hydrogen) atoms. The first-order valence-corrected chi connectivity index (χ1v) is 9.95. The van der Waals surface area contributed by atoms with Gasteiger partial charge in [-0.1, -0.05) is 11.3 Å². The van der Waals surface area contributed by atoms with Crippen LogP contribution in [-0.4, -0.2) is 39.0 Å². The van der Waals surface area contributed by atoms with Crippen LogP contribution < -0.4 is 0 Å². The maximum Gasteiger partial charge on any atom is 0.339 e. The lowest BCUT2D eigenvalue weighted by Crippen LogP contribution is -2.12. The Bertz CT molecular complexity index is 1130. The number of benzene rings is 1. The molecule has 2 heterocycles. The number of ether oxygens (including phenoxy) is 2. The van der Waals surface area contributed by atoms with Crippen LogP contribution >= 0.6 is 0 Å². The zero-order chi connectivity index (χ0) is 21.4. The number of pyridine rings is 1. The first kappa shape index (κ1) is 20.0. The van der Waals surface area contributed by atoms with E-state index in [2.05, 4.69) is 15.0 Å². The second-order valence-corrected chi connectivity index (χ2v) is 7.81. The molecule has 1 unspecified atom stereocenters. The van der Waals surface area contributed by atoms with Crippen LogP contribution in [0, 0.1) is 13.8 Å². The van der Waals surface area contributed by atoms with E-state index in [1.54, 1.807) is 13.1 Å². The summed E-state index contributed by atoms with van der Waals surface area (Å²) in [5, 5.41) is 8.72. The summed E-state index contributed by atoms with van der Waals surface area (Å²) in [7, 11) is 1.31. The molecule has 3 aromatic rings. The maximum absolute atomic E-state index is 13.1. The van der Waals surface area contributed by atoms with E-state index in [0.717, 1.165) is 40.6 Å². The van der Waals surface area contributed by atoms with Gasteiger partial charge in [0.1, 0.15) is 18.3 Å². The summed E-state index contributed by atoms with van der Waals surface area (Å²) in [6.45, 7) is 5.68. The molecule has 2 aromatic heterocycles. The van der Waals surface area contributed by atoms with Gasteiger partial charge in [-0.05, 0) is 56.9 Å². The highest BCUT2D eigenvalue weighted by Crippen LogP contribution is 2.40. The minimum absolute atomic E-state index is 0.0531. The van der Waals surface area contributed by atoms with Crippen molar-refractivity contribution in [2.75, 3.05) is 7.11 Å². The zero-order valence-electron chi connectivity index (χ0n) is 17.5. The van der Waals surface area contributed by atoms with Crippen molar-refractivity contribution in [2.24, 2.45) is 0 Å². The van der Waals surface area contributed by atoms with Crippen molar-refractivity contribution in [1.29, 1.82) is 0 Å². The Kier molecular flexibility index (Phi) is 5.24. The Hall–Kier alpha value is -3.29. The van der Waals surface area contributed by atoms with Crippen LogP contribution in [0.1, 0.15) is 64.7 Å². The van der Waals surface area contributed by atoms with E-state index in [4.69, 9.17) is 9.72 Å². The topological polar surface area (TPSA) is 96.2 Å². The van der Waals surface area contributed by atoms with Crippen LogP contribution in [0.5, 0.6) is 0 Å². The molecule has 1 aliphatic carbocycles. The molecule has 1 aromatic carbocycles. The number of esters is 2. The van der Waals surface area contributed by atoms with E-state index in [1.165, 1.54) is 11.8 Å². The fraction of sp³-hybridized carbons (Fsp3) is 0.409. The van der Waals surface area contributed by atoms with Crippen molar-refractivity contribution in [2.45, 2.75) is 52.2 Å². The van der Waals surface area contributed by atoms with Gasteiger partial charge in [-0.15, -0.1) is 5.10 Å². The SMILES string of the molecule is COC(=O)Cn1cc(C(C)OC(=O)c2cc(C3CC3)nc3cc(C)cc(C)c23)nn1. The van der Waals surface area contributed by atoms with E-state index in [0.29, 0.717) is 17.2 Å². The second-order valence-electron chi connectivity index (χ2n) is 7.81. The number of aromatic nitrogens is 4. The van der Waals surface area contributed by atoms with Crippen LogP contribution in [0.3, 0.4) is 0 Å². The fourth-order valence-corrected chi connectivity index (χ4v) is 3.58. The number of carbonyl (C=O) groups is 2. The number of hydrogen-bond acceptors (Lipinski definition) is 7. The van der Waals surface area contributed by atoms with Crippen LogP contribution in [0.2, 0.25) is 0 Å². The molecule has 1 fully saturated rings. The molecule has 0 aliphatic heterocycles. The van der Waals surface area contributed by atoms with Gasteiger partial charge in [0.15, 0.2) is 0 Å². The lowest BCUT2D eigenvalue weighted by Gasteiger charge is -2.15. The average molecular weight is 408 g/mol. The van der Waals surface area contributed by atoms with Crippen molar-refractivity contribution in [3.05, 3.63) is 52.5 Å². The van der Waals surface area contributed by atoms with Crippen LogP contribution in [0.4, 0.5) is 0 Å². The summed E-state index contributed by atoms with van der Waals surface area (Å²) >= 11 is 0. The Morgan fingerprint density at radius 2 is 2.00 bits per heavy atom. The highest BCUT2D eigenvalue weighted by atomic mass is 16.5. The number of nitrogens with zero attached hydrogens (tertiary/aromatic N) is 4. The minimum atomic E-state index is -0.623. The van der Waals surface area contributed by atoms with Gasteiger partial charge in [0, 0.05) is 17.0 Å². The lowest BCUT2D eigenvalue weighted by molar-refractivity contribution is -0.141. The smallest absolute Gasteiger partial charge is 0.339 e. The van der Waals surface area contributed by atoms with Gasteiger partial charge in [-0.25, -0.2) is 9.48 Å². The van der Waals surface area contributed by atoms with Crippen molar-refractivity contribution < 1.29 is 19.1 Å². The number of fused-ring (bicyclic) bond motifs is 1. The number of rotatable bonds is 6. The molecule has 4 rings (SSSR count). The maximum atomic E-state index is 13.1.